The second-order valence-electron chi connectivity index (χ2n) is 2.64. The normalized spacial score (nSPS) is 30.6. The minimum atomic E-state index is 0.371. The minimum Gasteiger partial charge on any atom is -0.327 e. The van der Waals surface area contributed by atoms with Crippen molar-refractivity contribution in [2.45, 2.75) is 18.4 Å². The van der Waals surface area contributed by atoms with Gasteiger partial charge in [0.05, 0.1) is 5.02 Å². The molecule has 0 bridgehead atoms. The second kappa shape index (κ2) is 2.22. The molecule has 1 aromatic heterocycles. The summed E-state index contributed by atoms with van der Waals surface area (Å²) in [6.07, 6.45) is 1.11. The van der Waals surface area contributed by atoms with Crippen molar-refractivity contribution in [1.82, 2.24) is 0 Å². The molecule has 0 radical (unpaired) electrons. The SMILES string of the molecule is NC1CC1c1sccc1Cl. The fourth-order valence-corrected chi connectivity index (χ4v) is 2.47. The lowest BCUT2D eigenvalue weighted by atomic mass is 10.3. The van der Waals surface area contributed by atoms with E-state index >= 15 is 0 Å². The highest BCUT2D eigenvalue weighted by Crippen LogP contribution is 2.44. The van der Waals surface area contributed by atoms with Crippen molar-refractivity contribution >= 4 is 22.9 Å². The second-order valence-corrected chi connectivity index (χ2v) is 3.99. The Morgan fingerprint density at radius 3 is 2.80 bits per heavy atom. The minimum absolute atomic E-state index is 0.371. The van der Waals surface area contributed by atoms with E-state index < -0.39 is 0 Å². The van der Waals surface area contributed by atoms with Crippen LogP contribution in [0.4, 0.5) is 0 Å². The zero-order valence-electron chi connectivity index (χ0n) is 5.38. The summed E-state index contributed by atoms with van der Waals surface area (Å²) < 4.78 is 0. The lowest BCUT2D eigenvalue weighted by Gasteiger charge is -1.91. The third-order valence-electron chi connectivity index (χ3n) is 1.82. The monoisotopic (exact) mass is 173 g/mol. The number of rotatable bonds is 1. The molecule has 1 fully saturated rings. The van der Waals surface area contributed by atoms with E-state index in [0.717, 1.165) is 11.4 Å². The van der Waals surface area contributed by atoms with Crippen LogP contribution in [0.15, 0.2) is 11.4 Å². The van der Waals surface area contributed by atoms with Crippen LogP contribution in [0.3, 0.4) is 0 Å². The predicted molar refractivity (Wildman–Crippen MR) is 44.7 cm³/mol. The molecular weight excluding hydrogens is 166 g/mol. The Hall–Kier alpha value is -0.0500. The maximum absolute atomic E-state index is 5.89. The number of nitrogens with two attached hydrogens (primary N) is 1. The van der Waals surface area contributed by atoms with Gasteiger partial charge in [-0.3, -0.25) is 0 Å². The van der Waals surface area contributed by atoms with Crippen LogP contribution >= 0.6 is 22.9 Å². The summed E-state index contributed by atoms with van der Waals surface area (Å²) in [4.78, 5) is 1.27. The molecule has 1 aromatic rings. The van der Waals surface area contributed by atoms with E-state index in [1.807, 2.05) is 11.4 Å². The van der Waals surface area contributed by atoms with Gasteiger partial charge in [-0.05, 0) is 17.9 Å². The highest BCUT2D eigenvalue weighted by molar-refractivity contribution is 7.10. The van der Waals surface area contributed by atoms with E-state index in [1.165, 1.54) is 4.88 Å². The summed E-state index contributed by atoms with van der Waals surface area (Å²) in [5.41, 5.74) is 5.67. The van der Waals surface area contributed by atoms with E-state index in [1.54, 1.807) is 11.3 Å². The van der Waals surface area contributed by atoms with E-state index in [0.29, 0.717) is 12.0 Å². The number of hydrogen-bond donors (Lipinski definition) is 1. The quantitative estimate of drug-likeness (QED) is 0.693. The topological polar surface area (TPSA) is 26.0 Å². The summed E-state index contributed by atoms with van der Waals surface area (Å²) in [7, 11) is 0. The van der Waals surface area contributed by atoms with Gasteiger partial charge >= 0.3 is 0 Å². The molecule has 0 amide bonds. The zero-order valence-corrected chi connectivity index (χ0v) is 6.95. The molecule has 1 aliphatic carbocycles. The summed E-state index contributed by atoms with van der Waals surface area (Å²) >= 11 is 7.61. The number of halogens is 1. The van der Waals surface area contributed by atoms with Crippen molar-refractivity contribution < 1.29 is 0 Å². The number of hydrogen-bond acceptors (Lipinski definition) is 2. The molecule has 0 saturated heterocycles. The van der Waals surface area contributed by atoms with Gasteiger partial charge in [-0.15, -0.1) is 11.3 Å². The van der Waals surface area contributed by atoms with Gasteiger partial charge in [0.2, 0.25) is 0 Å². The molecule has 2 atom stereocenters. The average Bonchev–Trinajstić information content (AvgIpc) is 2.42. The third kappa shape index (κ3) is 0.965. The molecule has 1 aliphatic rings. The van der Waals surface area contributed by atoms with Crippen LogP contribution in [0.1, 0.15) is 17.2 Å². The Labute approximate surface area is 68.8 Å². The zero-order chi connectivity index (χ0) is 7.14. The Balaban J connectivity index is 2.26. The van der Waals surface area contributed by atoms with Crippen LogP contribution < -0.4 is 5.73 Å². The first-order valence-electron chi connectivity index (χ1n) is 3.27. The highest BCUT2D eigenvalue weighted by Gasteiger charge is 2.36. The molecule has 10 heavy (non-hydrogen) atoms. The van der Waals surface area contributed by atoms with Crippen molar-refractivity contribution in [3.05, 3.63) is 21.3 Å². The molecule has 1 saturated carbocycles. The van der Waals surface area contributed by atoms with Gasteiger partial charge in [0.1, 0.15) is 0 Å². The predicted octanol–water partition coefficient (Wildman–Crippen LogP) is 2.22. The Morgan fingerprint density at radius 1 is 1.70 bits per heavy atom. The largest absolute Gasteiger partial charge is 0.327 e. The van der Waals surface area contributed by atoms with Gasteiger partial charge < -0.3 is 5.73 Å². The van der Waals surface area contributed by atoms with Crippen molar-refractivity contribution in [1.29, 1.82) is 0 Å². The fraction of sp³-hybridized carbons (Fsp3) is 0.429. The molecule has 54 valence electrons. The van der Waals surface area contributed by atoms with Crippen LogP contribution in [0, 0.1) is 0 Å². The Kier molecular flexibility index (Phi) is 1.48. The average molecular weight is 174 g/mol. The van der Waals surface area contributed by atoms with Gasteiger partial charge in [0, 0.05) is 16.8 Å². The summed E-state index contributed by atoms with van der Waals surface area (Å²) in [5, 5.41) is 2.91. The van der Waals surface area contributed by atoms with Crippen LogP contribution in [0.2, 0.25) is 5.02 Å². The van der Waals surface area contributed by atoms with Gasteiger partial charge in [-0.1, -0.05) is 11.6 Å². The van der Waals surface area contributed by atoms with Crippen LogP contribution in [0.25, 0.3) is 0 Å². The highest BCUT2D eigenvalue weighted by atomic mass is 35.5. The first-order valence-corrected chi connectivity index (χ1v) is 4.53. The molecule has 2 rings (SSSR count). The van der Waals surface area contributed by atoms with Gasteiger partial charge in [-0.25, -0.2) is 0 Å². The molecule has 1 nitrogen and oxygen atoms in total. The van der Waals surface area contributed by atoms with E-state index in [2.05, 4.69) is 0 Å². The molecule has 0 aliphatic heterocycles. The first-order chi connectivity index (χ1) is 4.79. The maximum Gasteiger partial charge on any atom is 0.0548 e. The summed E-state index contributed by atoms with van der Waals surface area (Å²) in [5.74, 6) is 0.562. The lowest BCUT2D eigenvalue weighted by molar-refractivity contribution is 1.01. The molecule has 0 spiro atoms. The molecular formula is C7H8ClNS. The van der Waals surface area contributed by atoms with Crippen molar-refractivity contribution in [2.75, 3.05) is 0 Å². The van der Waals surface area contributed by atoms with Crippen LogP contribution in [0.5, 0.6) is 0 Å². The van der Waals surface area contributed by atoms with Crippen molar-refractivity contribution in [3.8, 4) is 0 Å². The van der Waals surface area contributed by atoms with E-state index in [4.69, 9.17) is 17.3 Å². The van der Waals surface area contributed by atoms with Gasteiger partial charge in [0.25, 0.3) is 0 Å². The van der Waals surface area contributed by atoms with Crippen molar-refractivity contribution in [2.24, 2.45) is 5.73 Å². The molecule has 1 heterocycles. The molecule has 3 heteroatoms. The van der Waals surface area contributed by atoms with Crippen LogP contribution in [-0.2, 0) is 0 Å². The fourth-order valence-electron chi connectivity index (χ4n) is 1.09. The maximum atomic E-state index is 5.89. The van der Waals surface area contributed by atoms with E-state index in [-0.39, 0.29) is 0 Å². The Bertz CT molecular complexity index is 246. The number of thiophene rings is 1. The van der Waals surface area contributed by atoms with Crippen molar-refractivity contribution in [3.63, 3.8) is 0 Å². The Morgan fingerprint density at radius 2 is 2.40 bits per heavy atom. The summed E-state index contributed by atoms with van der Waals surface area (Å²) in [6.45, 7) is 0. The standard InChI is InChI=1S/C7H8ClNS/c8-5-1-2-10-7(5)4-3-6(4)9/h1-2,4,6H,3,9H2. The molecule has 0 aromatic carbocycles. The van der Waals surface area contributed by atoms with Gasteiger partial charge in [-0.2, -0.15) is 0 Å². The molecule has 2 unspecified atom stereocenters. The molecule has 2 N–H and O–H groups in total. The smallest absolute Gasteiger partial charge is 0.0548 e. The lowest BCUT2D eigenvalue weighted by Crippen LogP contribution is -1.99. The van der Waals surface area contributed by atoms with E-state index in [9.17, 15) is 0 Å². The summed E-state index contributed by atoms with van der Waals surface area (Å²) in [6, 6.07) is 2.31. The van der Waals surface area contributed by atoms with Crippen LogP contribution in [-0.4, -0.2) is 6.04 Å². The first kappa shape index (κ1) is 6.65. The third-order valence-corrected chi connectivity index (χ3v) is 3.31. The van der Waals surface area contributed by atoms with Gasteiger partial charge in [0.15, 0.2) is 0 Å².